The van der Waals surface area contributed by atoms with E-state index in [0.717, 1.165) is 38.5 Å². The first-order valence-electron chi connectivity index (χ1n) is 11.3. The highest BCUT2D eigenvalue weighted by molar-refractivity contribution is 6.30. The number of carbonyl (C=O) groups excluding carboxylic acids is 2. The monoisotopic (exact) mass is 439 g/mol. The number of nitrogens with zero attached hydrogens (tertiary/aromatic N) is 2. The van der Waals surface area contributed by atoms with Crippen molar-refractivity contribution in [3.63, 3.8) is 0 Å². The van der Waals surface area contributed by atoms with Gasteiger partial charge in [0.1, 0.15) is 0 Å². The minimum atomic E-state index is -0.199. The average Bonchev–Trinajstić information content (AvgIpc) is 3.33. The lowest BCUT2D eigenvalue weighted by Crippen LogP contribution is -2.53. The molecule has 6 heteroatoms. The van der Waals surface area contributed by atoms with Gasteiger partial charge < -0.3 is 10.2 Å². The average molecular weight is 440 g/mol. The fraction of sp³-hybridized carbons (Fsp3) is 0.480. The minimum Gasteiger partial charge on any atom is -0.347 e. The number of amides is 2. The largest absolute Gasteiger partial charge is 0.347 e. The number of piperidine rings is 1. The van der Waals surface area contributed by atoms with Crippen molar-refractivity contribution in [2.45, 2.75) is 57.4 Å². The van der Waals surface area contributed by atoms with Crippen molar-refractivity contribution >= 4 is 23.4 Å². The van der Waals surface area contributed by atoms with Crippen molar-refractivity contribution in [2.24, 2.45) is 5.92 Å². The van der Waals surface area contributed by atoms with Gasteiger partial charge in [-0.15, -0.1) is 0 Å². The molecule has 31 heavy (non-hydrogen) atoms. The van der Waals surface area contributed by atoms with Gasteiger partial charge in [0.15, 0.2) is 0 Å². The molecule has 2 atom stereocenters. The second-order valence-corrected chi connectivity index (χ2v) is 9.25. The summed E-state index contributed by atoms with van der Waals surface area (Å²) >= 11 is 6.00. The molecule has 1 aliphatic heterocycles. The number of hydrogen-bond donors (Lipinski definition) is 1. The Hall–Kier alpha value is -2.40. The van der Waals surface area contributed by atoms with E-state index in [1.807, 2.05) is 4.90 Å². The lowest BCUT2D eigenvalue weighted by molar-refractivity contribution is -0.137. The Morgan fingerprint density at radius 3 is 2.55 bits per heavy atom. The van der Waals surface area contributed by atoms with Crippen LogP contribution in [0.5, 0.6) is 0 Å². The maximum absolute atomic E-state index is 13.2. The number of likely N-dealkylation sites (tertiary alicyclic amines) is 1. The van der Waals surface area contributed by atoms with Gasteiger partial charge in [0, 0.05) is 43.4 Å². The van der Waals surface area contributed by atoms with Crippen molar-refractivity contribution in [3.8, 4) is 0 Å². The molecule has 2 amide bonds. The molecule has 0 radical (unpaired) electrons. The number of aryl methyl sites for hydroxylation is 1. The Morgan fingerprint density at radius 2 is 1.87 bits per heavy atom. The van der Waals surface area contributed by atoms with Gasteiger partial charge in [-0.1, -0.05) is 55.6 Å². The number of rotatable bonds is 5. The van der Waals surface area contributed by atoms with Crippen molar-refractivity contribution in [1.29, 1.82) is 0 Å². The van der Waals surface area contributed by atoms with Gasteiger partial charge in [-0.3, -0.25) is 14.6 Å². The standard InChI is InChI=1S/C25H30ClN3O2/c1-2-17-7-9-18(10-8-17)21-12-23(28-24(30)20-11-22(26)14-27-13-20)16-29(15-21)25(31)19-5-3-4-6-19/h7-11,13-14,19,21,23H,2-6,12,15-16H2,1H3,(H,28,30). The number of carbonyl (C=O) groups is 2. The zero-order valence-corrected chi connectivity index (χ0v) is 18.8. The van der Waals surface area contributed by atoms with Gasteiger partial charge in [-0.05, 0) is 42.9 Å². The molecule has 1 saturated carbocycles. The molecule has 164 valence electrons. The van der Waals surface area contributed by atoms with Crippen LogP contribution >= 0.6 is 11.6 Å². The fourth-order valence-electron chi connectivity index (χ4n) is 4.89. The Bertz CT molecular complexity index is 925. The third kappa shape index (κ3) is 5.27. The number of aromatic nitrogens is 1. The zero-order chi connectivity index (χ0) is 21.8. The Labute approximate surface area is 189 Å². The number of pyridine rings is 1. The number of nitrogens with one attached hydrogen (secondary N) is 1. The molecule has 1 aromatic carbocycles. The van der Waals surface area contributed by atoms with E-state index in [0.29, 0.717) is 23.7 Å². The smallest absolute Gasteiger partial charge is 0.253 e. The van der Waals surface area contributed by atoms with Gasteiger partial charge in [0.2, 0.25) is 5.91 Å². The van der Waals surface area contributed by atoms with E-state index in [-0.39, 0.29) is 29.7 Å². The van der Waals surface area contributed by atoms with Crippen molar-refractivity contribution in [3.05, 3.63) is 64.4 Å². The fourth-order valence-corrected chi connectivity index (χ4v) is 5.06. The molecule has 1 aliphatic carbocycles. The van der Waals surface area contributed by atoms with E-state index in [2.05, 4.69) is 41.5 Å². The van der Waals surface area contributed by atoms with E-state index < -0.39 is 0 Å². The van der Waals surface area contributed by atoms with Crippen LogP contribution in [-0.2, 0) is 11.2 Å². The highest BCUT2D eigenvalue weighted by Crippen LogP contribution is 2.32. The first-order valence-corrected chi connectivity index (χ1v) is 11.7. The predicted octanol–water partition coefficient (Wildman–Crippen LogP) is 4.60. The molecular weight excluding hydrogens is 410 g/mol. The summed E-state index contributed by atoms with van der Waals surface area (Å²) in [5.41, 5.74) is 2.97. The molecule has 2 aliphatic rings. The van der Waals surface area contributed by atoms with E-state index >= 15 is 0 Å². The second-order valence-electron chi connectivity index (χ2n) is 8.81. The highest BCUT2D eigenvalue weighted by atomic mass is 35.5. The third-order valence-electron chi connectivity index (χ3n) is 6.63. The summed E-state index contributed by atoms with van der Waals surface area (Å²) < 4.78 is 0. The Morgan fingerprint density at radius 1 is 1.13 bits per heavy atom. The Balaban J connectivity index is 1.53. The van der Waals surface area contributed by atoms with Gasteiger partial charge in [-0.25, -0.2) is 0 Å². The van der Waals surface area contributed by atoms with Crippen molar-refractivity contribution in [1.82, 2.24) is 15.2 Å². The summed E-state index contributed by atoms with van der Waals surface area (Å²) in [5, 5.41) is 3.56. The molecule has 1 N–H and O–H groups in total. The van der Waals surface area contributed by atoms with Crippen LogP contribution in [0.25, 0.3) is 0 Å². The lowest BCUT2D eigenvalue weighted by Gasteiger charge is -2.39. The normalized spacial score (nSPS) is 21.8. The molecule has 2 fully saturated rings. The predicted molar refractivity (Wildman–Crippen MR) is 122 cm³/mol. The van der Waals surface area contributed by atoms with E-state index in [1.165, 1.54) is 23.5 Å². The SMILES string of the molecule is CCc1ccc(C2CC(NC(=O)c3cncc(Cl)c3)CN(C(=O)C3CCCC3)C2)cc1. The van der Waals surface area contributed by atoms with Crippen LogP contribution < -0.4 is 5.32 Å². The third-order valence-corrected chi connectivity index (χ3v) is 6.84. The first-order chi connectivity index (χ1) is 15.0. The number of hydrogen-bond acceptors (Lipinski definition) is 3. The quantitative estimate of drug-likeness (QED) is 0.740. The second kappa shape index (κ2) is 9.82. The van der Waals surface area contributed by atoms with Crippen LogP contribution in [0.2, 0.25) is 5.02 Å². The Kier molecular flexibility index (Phi) is 6.91. The van der Waals surface area contributed by atoms with E-state index in [9.17, 15) is 9.59 Å². The highest BCUT2D eigenvalue weighted by Gasteiger charge is 2.35. The van der Waals surface area contributed by atoms with Gasteiger partial charge in [-0.2, -0.15) is 0 Å². The maximum Gasteiger partial charge on any atom is 0.253 e. The topological polar surface area (TPSA) is 62.3 Å². The van der Waals surface area contributed by atoms with Crippen molar-refractivity contribution in [2.75, 3.05) is 13.1 Å². The number of halogens is 1. The molecular formula is C25H30ClN3O2. The molecule has 4 rings (SSSR count). The summed E-state index contributed by atoms with van der Waals surface area (Å²) in [5.74, 6) is 0.383. The van der Waals surface area contributed by atoms with Crippen LogP contribution in [0.3, 0.4) is 0 Å². The van der Waals surface area contributed by atoms with Gasteiger partial charge in [0.05, 0.1) is 10.6 Å². The summed E-state index contributed by atoms with van der Waals surface area (Å²) in [6.07, 6.45) is 9.07. The lowest BCUT2D eigenvalue weighted by atomic mass is 9.86. The molecule has 5 nitrogen and oxygen atoms in total. The van der Waals surface area contributed by atoms with Crippen LogP contribution in [0.4, 0.5) is 0 Å². The van der Waals surface area contributed by atoms with Crippen LogP contribution in [0.1, 0.15) is 66.4 Å². The molecule has 2 aromatic rings. The first kappa shape index (κ1) is 21.8. The molecule has 0 spiro atoms. The van der Waals surface area contributed by atoms with E-state index in [1.54, 1.807) is 6.07 Å². The minimum absolute atomic E-state index is 0.110. The maximum atomic E-state index is 13.2. The van der Waals surface area contributed by atoms with Crippen LogP contribution in [0.15, 0.2) is 42.7 Å². The molecule has 2 heterocycles. The summed E-state index contributed by atoms with van der Waals surface area (Å²) in [6.45, 7) is 3.42. The van der Waals surface area contributed by atoms with Gasteiger partial charge >= 0.3 is 0 Å². The zero-order valence-electron chi connectivity index (χ0n) is 18.0. The molecule has 1 saturated heterocycles. The van der Waals surface area contributed by atoms with E-state index in [4.69, 9.17) is 11.6 Å². The van der Waals surface area contributed by atoms with Crippen LogP contribution in [-0.4, -0.2) is 40.8 Å². The summed E-state index contributed by atoms with van der Waals surface area (Å²) in [6, 6.07) is 10.2. The van der Waals surface area contributed by atoms with Crippen molar-refractivity contribution < 1.29 is 9.59 Å². The number of benzene rings is 1. The van der Waals surface area contributed by atoms with Gasteiger partial charge in [0.25, 0.3) is 5.91 Å². The summed E-state index contributed by atoms with van der Waals surface area (Å²) in [4.78, 5) is 32.0. The summed E-state index contributed by atoms with van der Waals surface area (Å²) in [7, 11) is 0. The molecule has 1 aromatic heterocycles. The molecule has 2 unspecified atom stereocenters. The molecule has 0 bridgehead atoms. The van der Waals surface area contributed by atoms with Crippen LogP contribution in [0, 0.1) is 5.92 Å².